The van der Waals surface area contributed by atoms with Crippen LogP contribution in [0.4, 0.5) is 0 Å². The molecule has 0 radical (unpaired) electrons. The lowest BCUT2D eigenvalue weighted by Crippen LogP contribution is -1.91. The summed E-state index contributed by atoms with van der Waals surface area (Å²) in [5.74, 6) is 4.90. The van der Waals surface area contributed by atoms with Gasteiger partial charge in [0, 0.05) is 11.1 Å². The highest BCUT2D eigenvalue weighted by molar-refractivity contribution is 5.94. The molecule has 0 aromatic heterocycles. The van der Waals surface area contributed by atoms with Crippen LogP contribution in [0.3, 0.4) is 0 Å². The Bertz CT molecular complexity index is 395. The van der Waals surface area contributed by atoms with Gasteiger partial charge in [-0.2, -0.15) is 0 Å². The van der Waals surface area contributed by atoms with E-state index in [0.717, 1.165) is 0 Å². The van der Waals surface area contributed by atoms with Gasteiger partial charge in [-0.15, -0.1) is 0 Å². The molecule has 0 atom stereocenters. The van der Waals surface area contributed by atoms with Crippen LogP contribution in [0.1, 0.15) is 64.4 Å². The number of aldehydes is 1. The van der Waals surface area contributed by atoms with Gasteiger partial charge in [-0.05, 0) is 25.0 Å². The van der Waals surface area contributed by atoms with Crippen molar-refractivity contribution in [1.29, 1.82) is 0 Å². The minimum Gasteiger partial charge on any atom is -0.295 e. The molecule has 19 heavy (non-hydrogen) atoms. The standard InChI is InChI=1S/C11H8O2.3C2H6/c1-9(13)11-6-2-4-10(8-11)5-3-7-12;3*1-2/h2,4,6-8H,1H3;3*1-2H3. The first-order valence-electron chi connectivity index (χ1n) is 6.80. The van der Waals surface area contributed by atoms with Crippen LogP contribution in [0.25, 0.3) is 0 Å². The molecule has 2 heteroatoms. The van der Waals surface area contributed by atoms with Crippen molar-refractivity contribution in [3.63, 3.8) is 0 Å². The number of benzene rings is 1. The first-order chi connectivity index (χ1) is 9.24. The summed E-state index contributed by atoms with van der Waals surface area (Å²) in [5.41, 5.74) is 1.29. The predicted molar refractivity (Wildman–Crippen MR) is 83.4 cm³/mol. The molecule has 0 fully saturated rings. The molecule has 1 aromatic rings. The Morgan fingerprint density at radius 2 is 1.58 bits per heavy atom. The highest BCUT2D eigenvalue weighted by Crippen LogP contribution is 2.04. The fourth-order valence-electron chi connectivity index (χ4n) is 0.929. The molecule has 0 spiro atoms. The Kier molecular flexibility index (Phi) is 21.7. The molecule has 1 aromatic carbocycles. The molecule has 1 rings (SSSR count). The number of rotatable bonds is 1. The highest BCUT2D eigenvalue weighted by Gasteiger charge is 1.97. The molecule has 0 aliphatic heterocycles. The molecule has 0 bridgehead atoms. The summed E-state index contributed by atoms with van der Waals surface area (Å²) in [5, 5.41) is 0. The minimum atomic E-state index is -0.00486. The van der Waals surface area contributed by atoms with Gasteiger partial charge in [-0.3, -0.25) is 9.59 Å². The lowest BCUT2D eigenvalue weighted by molar-refractivity contribution is -0.103. The van der Waals surface area contributed by atoms with Crippen molar-refractivity contribution in [3.05, 3.63) is 35.4 Å². The van der Waals surface area contributed by atoms with Crippen molar-refractivity contribution in [2.45, 2.75) is 48.5 Å². The zero-order valence-electron chi connectivity index (χ0n) is 13.2. The van der Waals surface area contributed by atoms with Crippen LogP contribution in [-0.4, -0.2) is 12.1 Å². The monoisotopic (exact) mass is 262 g/mol. The summed E-state index contributed by atoms with van der Waals surface area (Å²) in [4.78, 5) is 20.9. The smallest absolute Gasteiger partial charge is 0.193 e. The number of carbonyl (C=O) groups is 2. The van der Waals surface area contributed by atoms with E-state index in [9.17, 15) is 9.59 Å². The minimum absolute atomic E-state index is 0.00486. The van der Waals surface area contributed by atoms with Crippen LogP contribution in [0.5, 0.6) is 0 Å². The summed E-state index contributed by atoms with van der Waals surface area (Å²) in [6, 6.07) is 6.88. The summed E-state index contributed by atoms with van der Waals surface area (Å²) in [6.45, 7) is 13.5. The summed E-state index contributed by atoms with van der Waals surface area (Å²) >= 11 is 0. The second-order valence-corrected chi connectivity index (χ2v) is 2.52. The van der Waals surface area contributed by atoms with Gasteiger partial charge in [-0.25, -0.2) is 0 Å². The zero-order chi connectivity index (χ0) is 15.7. The third-order valence-corrected chi connectivity index (χ3v) is 1.54. The van der Waals surface area contributed by atoms with Gasteiger partial charge in [0.2, 0.25) is 0 Å². The van der Waals surface area contributed by atoms with Crippen molar-refractivity contribution in [2.75, 3.05) is 0 Å². The summed E-state index contributed by atoms with van der Waals surface area (Å²) < 4.78 is 0. The van der Waals surface area contributed by atoms with E-state index >= 15 is 0 Å². The molecule has 0 aliphatic rings. The van der Waals surface area contributed by atoms with E-state index in [1.807, 2.05) is 41.5 Å². The van der Waals surface area contributed by atoms with E-state index < -0.39 is 0 Å². The van der Waals surface area contributed by atoms with Crippen LogP contribution in [0.2, 0.25) is 0 Å². The van der Waals surface area contributed by atoms with Crippen molar-refractivity contribution < 1.29 is 9.59 Å². The van der Waals surface area contributed by atoms with Gasteiger partial charge in [-0.1, -0.05) is 59.6 Å². The fourth-order valence-corrected chi connectivity index (χ4v) is 0.929. The molecule has 0 saturated heterocycles. The predicted octanol–water partition coefficient (Wildman–Crippen LogP) is 4.52. The van der Waals surface area contributed by atoms with Crippen molar-refractivity contribution in [3.8, 4) is 11.8 Å². The number of carbonyl (C=O) groups excluding carboxylic acids is 2. The van der Waals surface area contributed by atoms with Gasteiger partial charge >= 0.3 is 0 Å². The van der Waals surface area contributed by atoms with Gasteiger partial charge < -0.3 is 0 Å². The molecule has 0 aliphatic carbocycles. The average molecular weight is 262 g/mol. The van der Waals surface area contributed by atoms with Crippen LogP contribution < -0.4 is 0 Å². The molecule has 2 nitrogen and oxygen atoms in total. The Balaban J connectivity index is -0.000000375. The van der Waals surface area contributed by atoms with Crippen LogP contribution in [-0.2, 0) is 4.79 Å². The van der Waals surface area contributed by atoms with E-state index in [1.54, 1.807) is 24.3 Å². The number of hydrogen-bond acceptors (Lipinski definition) is 2. The lowest BCUT2D eigenvalue weighted by Gasteiger charge is -1.94. The zero-order valence-corrected chi connectivity index (χ0v) is 13.2. The van der Waals surface area contributed by atoms with E-state index in [0.29, 0.717) is 17.4 Å². The molecule has 0 heterocycles. The number of Topliss-reactive ketones (excluding diaryl/α,β-unsaturated/α-hetero) is 1. The molecule has 0 N–H and O–H groups in total. The normalized spacial score (nSPS) is 6.68. The Labute approximate surface area is 118 Å². The lowest BCUT2D eigenvalue weighted by atomic mass is 10.1. The Morgan fingerprint density at radius 1 is 1.05 bits per heavy atom. The van der Waals surface area contributed by atoms with Gasteiger partial charge in [0.05, 0.1) is 0 Å². The maximum Gasteiger partial charge on any atom is 0.193 e. The van der Waals surface area contributed by atoms with Crippen molar-refractivity contribution >= 4 is 12.1 Å². The largest absolute Gasteiger partial charge is 0.295 e. The van der Waals surface area contributed by atoms with Crippen LogP contribution >= 0.6 is 0 Å². The van der Waals surface area contributed by atoms with Crippen molar-refractivity contribution in [1.82, 2.24) is 0 Å². The molecule has 0 saturated carbocycles. The van der Waals surface area contributed by atoms with Crippen LogP contribution in [0.15, 0.2) is 24.3 Å². The Hall–Kier alpha value is -1.88. The maximum absolute atomic E-state index is 11.0. The fraction of sp³-hybridized carbons (Fsp3) is 0.412. The highest BCUT2D eigenvalue weighted by atomic mass is 16.1. The quantitative estimate of drug-likeness (QED) is 0.423. The van der Waals surface area contributed by atoms with Gasteiger partial charge in [0.25, 0.3) is 0 Å². The first kappa shape index (κ1) is 22.3. The van der Waals surface area contributed by atoms with Crippen molar-refractivity contribution in [2.24, 2.45) is 0 Å². The van der Waals surface area contributed by atoms with E-state index in [4.69, 9.17) is 0 Å². The third kappa shape index (κ3) is 12.4. The van der Waals surface area contributed by atoms with Gasteiger partial charge in [0.1, 0.15) is 0 Å². The molecular formula is C17H26O2. The Morgan fingerprint density at radius 3 is 2.00 bits per heavy atom. The molecular weight excluding hydrogens is 236 g/mol. The summed E-state index contributed by atoms with van der Waals surface area (Å²) in [7, 11) is 0. The first-order valence-corrected chi connectivity index (χ1v) is 6.80. The second-order valence-electron chi connectivity index (χ2n) is 2.52. The third-order valence-electron chi connectivity index (χ3n) is 1.54. The SMILES string of the molecule is CC.CC.CC.CC(=O)c1cccc(C#CC=O)c1. The average Bonchev–Trinajstić information content (AvgIpc) is 2.51. The van der Waals surface area contributed by atoms with E-state index in [-0.39, 0.29) is 5.78 Å². The molecule has 106 valence electrons. The van der Waals surface area contributed by atoms with Gasteiger partial charge in [0.15, 0.2) is 12.1 Å². The molecule has 0 unspecified atom stereocenters. The number of hydrogen-bond donors (Lipinski definition) is 0. The van der Waals surface area contributed by atoms with E-state index in [1.165, 1.54) is 6.92 Å². The van der Waals surface area contributed by atoms with E-state index in [2.05, 4.69) is 11.8 Å². The topological polar surface area (TPSA) is 34.1 Å². The molecule has 0 amide bonds. The summed E-state index contributed by atoms with van der Waals surface area (Å²) in [6.07, 6.45) is 0.528. The van der Waals surface area contributed by atoms with Crippen LogP contribution in [0, 0.1) is 11.8 Å². The number of ketones is 1. The second kappa shape index (κ2) is 18.5. The maximum atomic E-state index is 11.0.